The second-order valence-corrected chi connectivity index (χ2v) is 8.87. The van der Waals surface area contributed by atoms with Crippen LogP contribution in [0.15, 0.2) is 0 Å². The minimum Gasteiger partial charge on any atom is -0.317 e. The predicted octanol–water partition coefficient (Wildman–Crippen LogP) is 2.08. The standard InChI is InChI=1S/C8H19NSi/c1-3-10(4-2)7-5-9-6-8-10/h9H,3-8H2,1-2H3. The molecule has 1 fully saturated rings. The summed E-state index contributed by atoms with van der Waals surface area (Å²) in [5.41, 5.74) is 0. The molecule has 0 aliphatic carbocycles. The van der Waals surface area contributed by atoms with Crippen molar-refractivity contribution in [2.24, 2.45) is 0 Å². The van der Waals surface area contributed by atoms with Gasteiger partial charge in [-0.05, 0) is 25.2 Å². The van der Waals surface area contributed by atoms with Crippen LogP contribution in [-0.4, -0.2) is 21.2 Å². The lowest BCUT2D eigenvalue weighted by Gasteiger charge is -2.33. The number of rotatable bonds is 2. The Morgan fingerprint density at radius 3 is 1.90 bits per heavy atom. The predicted molar refractivity (Wildman–Crippen MR) is 49.2 cm³/mol. The molecule has 0 atom stereocenters. The molecule has 60 valence electrons. The van der Waals surface area contributed by atoms with Crippen molar-refractivity contribution in [1.29, 1.82) is 0 Å². The summed E-state index contributed by atoms with van der Waals surface area (Å²) in [6.07, 6.45) is 0. The van der Waals surface area contributed by atoms with Crippen molar-refractivity contribution in [1.82, 2.24) is 5.32 Å². The summed E-state index contributed by atoms with van der Waals surface area (Å²) in [7, 11) is -0.693. The Morgan fingerprint density at radius 1 is 1.10 bits per heavy atom. The highest BCUT2D eigenvalue weighted by molar-refractivity contribution is 6.80. The largest absolute Gasteiger partial charge is 0.317 e. The molecular weight excluding hydrogens is 138 g/mol. The molecule has 0 aromatic heterocycles. The van der Waals surface area contributed by atoms with Gasteiger partial charge in [-0.15, -0.1) is 0 Å². The molecule has 1 rings (SSSR count). The van der Waals surface area contributed by atoms with E-state index in [0.717, 1.165) is 0 Å². The Kier molecular flexibility index (Phi) is 2.92. The van der Waals surface area contributed by atoms with Gasteiger partial charge in [0, 0.05) is 0 Å². The maximum Gasteiger partial charge on any atom is 0.0555 e. The van der Waals surface area contributed by atoms with Crippen LogP contribution < -0.4 is 5.32 Å². The second-order valence-electron chi connectivity index (χ2n) is 3.46. The molecule has 0 unspecified atom stereocenters. The van der Waals surface area contributed by atoms with Gasteiger partial charge in [-0.1, -0.05) is 25.9 Å². The van der Waals surface area contributed by atoms with Gasteiger partial charge in [-0.3, -0.25) is 0 Å². The Hall–Kier alpha value is 0.177. The summed E-state index contributed by atoms with van der Waals surface area (Å²) < 4.78 is 0. The summed E-state index contributed by atoms with van der Waals surface area (Å²) in [6, 6.07) is 6.07. The monoisotopic (exact) mass is 157 g/mol. The first-order valence-corrected chi connectivity index (χ1v) is 7.36. The minimum absolute atomic E-state index is 0.693. The van der Waals surface area contributed by atoms with E-state index in [9.17, 15) is 0 Å². The molecule has 0 aromatic rings. The van der Waals surface area contributed by atoms with Crippen LogP contribution in [0.5, 0.6) is 0 Å². The summed E-state index contributed by atoms with van der Waals surface area (Å²) in [5, 5.41) is 3.44. The van der Waals surface area contributed by atoms with Crippen LogP contribution in [0.1, 0.15) is 13.8 Å². The van der Waals surface area contributed by atoms with Crippen molar-refractivity contribution in [3.63, 3.8) is 0 Å². The highest BCUT2D eigenvalue weighted by Crippen LogP contribution is 2.26. The van der Waals surface area contributed by atoms with Crippen LogP contribution in [0.2, 0.25) is 24.2 Å². The lowest BCUT2D eigenvalue weighted by Crippen LogP contribution is -2.43. The summed E-state index contributed by atoms with van der Waals surface area (Å²) in [6.45, 7) is 7.38. The topological polar surface area (TPSA) is 12.0 Å². The summed E-state index contributed by atoms with van der Waals surface area (Å²) >= 11 is 0. The summed E-state index contributed by atoms with van der Waals surface area (Å²) in [5.74, 6) is 0. The lowest BCUT2D eigenvalue weighted by atomic mass is 10.6. The Morgan fingerprint density at radius 2 is 1.60 bits per heavy atom. The molecule has 1 saturated heterocycles. The molecule has 0 saturated carbocycles. The Labute approximate surface area is 65.2 Å². The smallest absolute Gasteiger partial charge is 0.0555 e. The van der Waals surface area contributed by atoms with Crippen LogP contribution >= 0.6 is 0 Å². The van der Waals surface area contributed by atoms with Crippen molar-refractivity contribution >= 4 is 8.07 Å². The van der Waals surface area contributed by atoms with E-state index in [1.165, 1.54) is 37.3 Å². The average molecular weight is 157 g/mol. The third-order valence-electron chi connectivity index (χ3n) is 3.16. The van der Waals surface area contributed by atoms with Gasteiger partial charge in [0.15, 0.2) is 0 Å². The number of nitrogens with one attached hydrogen (secondary N) is 1. The third-order valence-corrected chi connectivity index (χ3v) is 8.79. The minimum atomic E-state index is -0.693. The molecule has 1 heterocycles. The van der Waals surface area contributed by atoms with E-state index >= 15 is 0 Å². The zero-order chi connectivity index (χ0) is 7.45. The van der Waals surface area contributed by atoms with Gasteiger partial charge in [0.2, 0.25) is 0 Å². The normalized spacial score (nSPS) is 24.6. The number of hydrogen-bond acceptors (Lipinski definition) is 1. The zero-order valence-electron chi connectivity index (χ0n) is 7.24. The van der Waals surface area contributed by atoms with E-state index in [0.29, 0.717) is 0 Å². The molecular formula is C8H19NSi. The van der Waals surface area contributed by atoms with Crippen molar-refractivity contribution in [3.8, 4) is 0 Å². The van der Waals surface area contributed by atoms with Crippen molar-refractivity contribution in [2.75, 3.05) is 13.1 Å². The van der Waals surface area contributed by atoms with Crippen molar-refractivity contribution < 1.29 is 0 Å². The van der Waals surface area contributed by atoms with E-state index in [1.54, 1.807) is 0 Å². The fourth-order valence-corrected chi connectivity index (χ4v) is 5.49. The second kappa shape index (κ2) is 3.53. The SMILES string of the molecule is CC[Si]1(CC)CCNCC1. The van der Waals surface area contributed by atoms with Gasteiger partial charge < -0.3 is 5.32 Å². The quantitative estimate of drug-likeness (QED) is 0.605. The van der Waals surface area contributed by atoms with E-state index in [4.69, 9.17) is 0 Å². The molecule has 1 N–H and O–H groups in total. The third kappa shape index (κ3) is 1.61. The maximum absolute atomic E-state index is 3.44. The fourth-order valence-electron chi connectivity index (χ4n) is 1.91. The fraction of sp³-hybridized carbons (Fsp3) is 1.00. The van der Waals surface area contributed by atoms with E-state index < -0.39 is 8.07 Å². The summed E-state index contributed by atoms with van der Waals surface area (Å²) in [4.78, 5) is 0. The molecule has 10 heavy (non-hydrogen) atoms. The highest BCUT2D eigenvalue weighted by Gasteiger charge is 2.29. The lowest BCUT2D eigenvalue weighted by molar-refractivity contribution is 0.703. The highest BCUT2D eigenvalue weighted by atomic mass is 28.3. The van der Waals surface area contributed by atoms with Crippen LogP contribution in [0.4, 0.5) is 0 Å². The average Bonchev–Trinajstić information content (AvgIpc) is 2.06. The van der Waals surface area contributed by atoms with E-state index in [1.807, 2.05) is 0 Å². The molecule has 0 spiro atoms. The maximum atomic E-state index is 3.44. The van der Waals surface area contributed by atoms with Crippen molar-refractivity contribution in [3.05, 3.63) is 0 Å². The molecule has 1 aliphatic rings. The molecule has 0 amide bonds. The number of hydrogen-bond donors (Lipinski definition) is 1. The van der Waals surface area contributed by atoms with E-state index in [-0.39, 0.29) is 0 Å². The van der Waals surface area contributed by atoms with Gasteiger partial charge in [0.1, 0.15) is 0 Å². The Bertz CT molecular complexity index is 91.4. The van der Waals surface area contributed by atoms with Crippen LogP contribution in [0.3, 0.4) is 0 Å². The molecule has 0 aromatic carbocycles. The van der Waals surface area contributed by atoms with Gasteiger partial charge in [-0.25, -0.2) is 0 Å². The van der Waals surface area contributed by atoms with Gasteiger partial charge in [0.25, 0.3) is 0 Å². The molecule has 0 bridgehead atoms. The molecule has 1 aliphatic heterocycles. The van der Waals surface area contributed by atoms with Gasteiger partial charge in [-0.2, -0.15) is 0 Å². The first-order chi connectivity index (χ1) is 4.83. The van der Waals surface area contributed by atoms with E-state index in [2.05, 4.69) is 19.2 Å². The van der Waals surface area contributed by atoms with Gasteiger partial charge in [0.05, 0.1) is 8.07 Å². The first-order valence-electron chi connectivity index (χ1n) is 4.54. The van der Waals surface area contributed by atoms with Crippen LogP contribution in [0.25, 0.3) is 0 Å². The zero-order valence-corrected chi connectivity index (χ0v) is 8.24. The van der Waals surface area contributed by atoms with Crippen molar-refractivity contribution in [2.45, 2.75) is 38.0 Å². The van der Waals surface area contributed by atoms with Crippen LogP contribution in [0, 0.1) is 0 Å². The Balaban J connectivity index is 2.44. The molecule has 2 heteroatoms. The van der Waals surface area contributed by atoms with Gasteiger partial charge >= 0.3 is 0 Å². The molecule has 1 nitrogen and oxygen atoms in total. The van der Waals surface area contributed by atoms with Crippen LogP contribution in [-0.2, 0) is 0 Å². The first kappa shape index (κ1) is 8.28. The molecule has 0 radical (unpaired) electrons.